The van der Waals surface area contributed by atoms with Crippen LogP contribution in [0.25, 0.3) is 0 Å². The first-order chi connectivity index (χ1) is 9.20. The SMILES string of the molecule is CCC(c1cccc(F)c1)N(C)CC1CCNCC1. The van der Waals surface area contributed by atoms with Crippen LogP contribution in [-0.2, 0) is 0 Å². The van der Waals surface area contributed by atoms with Crippen LogP contribution in [0.2, 0.25) is 0 Å². The zero-order chi connectivity index (χ0) is 13.7. The summed E-state index contributed by atoms with van der Waals surface area (Å²) in [5, 5.41) is 3.40. The highest BCUT2D eigenvalue weighted by molar-refractivity contribution is 5.20. The summed E-state index contributed by atoms with van der Waals surface area (Å²) in [6, 6.07) is 7.36. The standard InChI is InChI=1S/C16H25FN2/c1-3-16(14-5-4-6-15(17)11-14)19(2)12-13-7-9-18-10-8-13/h4-6,11,13,16,18H,3,7-10,12H2,1-2H3. The summed E-state index contributed by atoms with van der Waals surface area (Å²) in [4.78, 5) is 2.39. The van der Waals surface area contributed by atoms with Crippen LogP contribution in [0.15, 0.2) is 24.3 Å². The maximum atomic E-state index is 13.4. The van der Waals surface area contributed by atoms with Crippen molar-refractivity contribution in [3.8, 4) is 0 Å². The molecular weight excluding hydrogens is 239 g/mol. The molecule has 0 aromatic heterocycles. The summed E-state index contributed by atoms with van der Waals surface area (Å²) in [6.45, 7) is 5.55. The molecule has 0 spiro atoms. The third-order valence-corrected chi connectivity index (χ3v) is 4.16. The van der Waals surface area contributed by atoms with E-state index in [4.69, 9.17) is 0 Å². The van der Waals surface area contributed by atoms with Gasteiger partial charge in [-0.15, -0.1) is 0 Å². The molecule has 1 unspecified atom stereocenters. The molecule has 0 bridgehead atoms. The van der Waals surface area contributed by atoms with Gasteiger partial charge in [0.2, 0.25) is 0 Å². The monoisotopic (exact) mass is 264 g/mol. The Morgan fingerprint density at radius 2 is 2.11 bits per heavy atom. The summed E-state index contributed by atoms with van der Waals surface area (Å²) in [5.41, 5.74) is 1.10. The molecule has 0 radical (unpaired) electrons. The van der Waals surface area contributed by atoms with E-state index < -0.39 is 0 Å². The molecule has 2 rings (SSSR count). The fourth-order valence-electron chi connectivity index (χ4n) is 3.11. The molecule has 3 heteroatoms. The predicted octanol–water partition coefficient (Wildman–Crippen LogP) is 3.21. The number of nitrogens with one attached hydrogen (secondary N) is 1. The largest absolute Gasteiger partial charge is 0.317 e. The zero-order valence-corrected chi connectivity index (χ0v) is 12.0. The molecule has 1 aliphatic rings. The normalized spacial score (nSPS) is 18.7. The fourth-order valence-corrected chi connectivity index (χ4v) is 3.11. The van der Waals surface area contributed by atoms with Crippen LogP contribution < -0.4 is 5.32 Å². The molecule has 106 valence electrons. The maximum absolute atomic E-state index is 13.4. The van der Waals surface area contributed by atoms with Crippen molar-refractivity contribution in [1.29, 1.82) is 0 Å². The van der Waals surface area contributed by atoms with Crippen molar-refractivity contribution in [2.45, 2.75) is 32.2 Å². The van der Waals surface area contributed by atoms with Gasteiger partial charge in [-0.05, 0) is 63.0 Å². The third-order valence-electron chi connectivity index (χ3n) is 4.16. The quantitative estimate of drug-likeness (QED) is 0.878. The predicted molar refractivity (Wildman–Crippen MR) is 77.7 cm³/mol. The van der Waals surface area contributed by atoms with E-state index in [1.807, 2.05) is 12.1 Å². The Morgan fingerprint density at radius 3 is 2.74 bits per heavy atom. The Kier molecular flexibility index (Phi) is 5.34. The molecule has 1 N–H and O–H groups in total. The van der Waals surface area contributed by atoms with E-state index in [1.54, 1.807) is 6.07 Å². The Balaban J connectivity index is 1.99. The molecule has 1 fully saturated rings. The first-order valence-corrected chi connectivity index (χ1v) is 7.37. The molecule has 2 nitrogen and oxygen atoms in total. The third kappa shape index (κ3) is 4.02. The Labute approximate surface area is 116 Å². The topological polar surface area (TPSA) is 15.3 Å². The van der Waals surface area contributed by atoms with Crippen LogP contribution >= 0.6 is 0 Å². The van der Waals surface area contributed by atoms with Gasteiger partial charge in [0.15, 0.2) is 0 Å². The maximum Gasteiger partial charge on any atom is 0.123 e. The zero-order valence-electron chi connectivity index (χ0n) is 12.0. The number of hydrogen-bond acceptors (Lipinski definition) is 2. The lowest BCUT2D eigenvalue weighted by molar-refractivity contribution is 0.182. The molecular formula is C16H25FN2. The highest BCUT2D eigenvalue weighted by atomic mass is 19.1. The van der Waals surface area contributed by atoms with E-state index >= 15 is 0 Å². The van der Waals surface area contributed by atoms with E-state index in [9.17, 15) is 4.39 Å². The van der Waals surface area contributed by atoms with E-state index in [0.717, 1.165) is 37.5 Å². The van der Waals surface area contributed by atoms with Crippen molar-refractivity contribution in [3.63, 3.8) is 0 Å². The van der Waals surface area contributed by atoms with Gasteiger partial charge in [0.1, 0.15) is 5.82 Å². The van der Waals surface area contributed by atoms with E-state index in [1.165, 1.54) is 18.9 Å². The highest BCUT2D eigenvalue weighted by Gasteiger charge is 2.20. The summed E-state index contributed by atoms with van der Waals surface area (Å²) in [7, 11) is 2.17. The lowest BCUT2D eigenvalue weighted by atomic mass is 9.95. The molecule has 19 heavy (non-hydrogen) atoms. The highest BCUT2D eigenvalue weighted by Crippen LogP contribution is 2.25. The molecule has 0 saturated carbocycles. The van der Waals surface area contributed by atoms with Crippen LogP contribution in [0.1, 0.15) is 37.8 Å². The second-order valence-corrected chi connectivity index (χ2v) is 5.61. The molecule has 1 heterocycles. The number of halogens is 1. The van der Waals surface area contributed by atoms with Crippen molar-refractivity contribution in [1.82, 2.24) is 10.2 Å². The van der Waals surface area contributed by atoms with Crippen LogP contribution in [0.5, 0.6) is 0 Å². The average Bonchev–Trinajstić information content (AvgIpc) is 2.41. The van der Waals surface area contributed by atoms with Crippen LogP contribution in [0.4, 0.5) is 4.39 Å². The van der Waals surface area contributed by atoms with Gasteiger partial charge >= 0.3 is 0 Å². The number of nitrogens with zero attached hydrogens (tertiary/aromatic N) is 1. The number of piperidine rings is 1. The molecule has 0 aliphatic carbocycles. The molecule has 1 atom stereocenters. The minimum absolute atomic E-state index is 0.133. The fraction of sp³-hybridized carbons (Fsp3) is 0.625. The second-order valence-electron chi connectivity index (χ2n) is 5.61. The van der Waals surface area contributed by atoms with Gasteiger partial charge < -0.3 is 5.32 Å². The van der Waals surface area contributed by atoms with Crippen LogP contribution in [0.3, 0.4) is 0 Å². The van der Waals surface area contributed by atoms with Gasteiger partial charge in [0.25, 0.3) is 0 Å². The lowest BCUT2D eigenvalue weighted by Crippen LogP contribution is -2.36. The van der Waals surface area contributed by atoms with Gasteiger partial charge in [-0.1, -0.05) is 19.1 Å². The second kappa shape index (κ2) is 7.01. The van der Waals surface area contributed by atoms with Crippen LogP contribution in [0, 0.1) is 11.7 Å². The van der Waals surface area contributed by atoms with Crippen molar-refractivity contribution in [3.05, 3.63) is 35.6 Å². The van der Waals surface area contributed by atoms with Gasteiger partial charge in [-0.2, -0.15) is 0 Å². The minimum atomic E-state index is -0.133. The van der Waals surface area contributed by atoms with Gasteiger partial charge in [0, 0.05) is 12.6 Å². The number of benzene rings is 1. The van der Waals surface area contributed by atoms with Crippen LogP contribution in [-0.4, -0.2) is 31.6 Å². The van der Waals surface area contributed by atoms with Gasteiger partial charge in [-0.3, -0.25) is 4.90 Å². The number of hydrogen-bond donors (Lipinski definition) is 1. The first kappa shape index (κ1) is 14.5. The molecule has 1 aromatic rings. The van der Waals surface area contributed by atoms with Crippen molar-refractivity contribution >= 4 is 0 Å². The Bertz CT molecular complexity index is 388. The summed E-state index contributed by atoms with van der Waals surface area (Å²) in [5.74, 6) is 0.639. The summed E-state index contributed by atoms with van der Waals surface area (Å²) in [6.07, 6.45) is 3.53. The van der Waals surface area contributed by atoms with E-state index in [2.05, 4.69) is 24.2 Å². The smallest absolute Gasteiger partial charge is 0.123 e. The average molecular weight is 264 g/mol. The van der Waals surface area contributed by atoms with Gasteiger partial charge in [0.05, 0.1) is 0 Å². The Hall–Kier alpha value is -0.930. The molecule has 1 aliphatic heterocycles. The van der Waals surface area contributed by atoms with Crippen molar-refractivity contribution in [2.24, 2.45) is 5.92 Å². The van der Waals surface area contributed by atoms with Crippen molar-refractivity contribution < 1.29 is 4.39 Å². The van der Waals surface area contributed by atoms with E-state index in [-0.39, 0.29) is 5.82 Å². The summed E-state index contributed by atoms with van der Waals surface area (Å²) < 4.78 is 13.4. The van der Waals surface area contributed by atoms with Crippen molar-refractivity contribution in [2.75, 3.05) is 26.7 Å². The Morgan fingerprint density at radius 1 is 1.37 bits per heavy atom. The first-order valence-electron chi connectivity index (χ1n) is 7.37. The minimum Gasteiger partial charge on any atom is -0.317 e. The summed E-state index contributed by atoms with van der Waals surface area (Å²) >= 11 is 0. The molecule has 1 saturated heterocycles. The number of rotatable bonds is 5. The molecule has 1 aromatic carbocycles. The lowest BCUT2D eigenvalue weighted by Gasteiger charge is -2.33. The van der Waals surface area contributed by atoms with Gasteiger partial charge in [-0.25, -0.2) is 4.39 Å². The van der Waals surface area contributed by atoms with E-state index in [0.29, 0.717) is 6.04 Å². The molecule has 0 amide bonds.